The molecular formula is C10H9Cl2NO. The van der Waals surface area contributed by atoms with Crippen LogP contribution in [0.15, 0.2) is 18.2 Å². The van der Waals surface area contributed by atoms with Crippen molar-refractivity contribution in [2.45, 2.75) is 6.92 Å². The van der Waals surface area contributed by atoms with Crippen LogP contribution in [0.2, 0.25) is 10.0 Å². The minimum absolute atomic E-state index is 0.135. The Morgan fingerprint density at radius 2 is 2.14 bits per heavy atom. The van der Waals surface area contributed by atoms with E-state index in [0.717, 1.165) is 0 Å². The predicted molar refractivity (Wildman–Crippen MR) is 56.7 cm³/mol. The molecule has 0 saturated heterocycles. The van der Waals surface area contributed by atoms with E-state index in [9.17, 15) is 0 Å². The maximum absolute atomic E-state index is 8.53. The largest absolute Gasteiger partial charge is 0.492 e. The molecule has 1 rings (SSSR count). The van der Waals surface area contributed by atoms with Crippen molar-refractivity contribution in [2.24, 2.45) is 5.92 Å². The molecule has 0 spiro atoms. The number of hydrogen-bond donors (Lipinski definition) is 0. The topological polar surface area (TPSA) is 33.0 Å². The molecule has 2 nitrogen and oxygen atoms in total. The van der Waals surface area contributed by atoms with Crippen LogP contribution in [-0.4, -0.2) is 6.61 Å². The highest BCUT2D eigenvalue weighted by Crippen LogP contribution is 2.26. The van der Waals surface area contributed by atoms with Crippen molar-refractivity contribution in [1.29, 1.82) is 5.26 Å². The van der Waals surface area contributed by atoms with Crippen molar-refractivity contribution in [2.75, 3.05) is 6.61 Å². The van der Waals surface area contributed by atoms with Crippen LogP contribution in [0.5, 0.6) is 5.75 Å². The van der Waals surface area contributed by atoms with Crippen LogP contribution >= 0.6 is 23.2 Å². The minimum atomic E-state index is -0.135. The maximum Gasteiger partial charge on any atom is 0.120 e. The van der Waals surface area contributed by atoms with Gasteiger partial charge in [-0.25, -0.2) is 0 Å². The molecule has 0 fully saturated rings. The molecule has 0 aliphatic heterocycles. The average molecular weight is 230 g/mol. The molecule has 0 radical (unpaired) electrons. The van der Waals surface area contributed by atoms with Gasteiger partial charge in [0.05, 0.1) is 22.0 Å². The van der Waals surface area contributed by atoms with Crippen molar-refractivity contribution in [3.05, 3.63) is 28.2 Å². The van der Waals surface area contributed by atoms with Crippen molar-refractivity contribution in [3.63, 3.8) is 0 Å². The fraction of sp³-hybridized carbons (Fsp3) is 0.300. The minimum Gasteiger partial charge on any atom is -0.492 e. The fourth-order valence-corrected chi connectivity index (χ4v) is 1.11. The summed E-state index contributed by atoms with van der Waals surface area (Å²) in [5.74, 6) is 0.492. The van der Waals surface area contributed by atoms with Crippen molar-refractivity contribution in [1.82, 2.24) is 0 Å². The zero-order valence-corrected chi connectivity index (χ0v) is 9.14. The molecule has 1 unspecified atom stereocenters. The van der Waals surface area contributed by atoms with E-state index in [-0.39, 0.29) is 5.92 Å². The molecule has 1 aromatic rings. The molecule has 0 aliphatic carbocycles. The van der Waals surface area contributed by atoms with E-state index in [0.29, 0.717) is 22.4 Å². The van der Waals surface area contributed by atoms with E-state index < -0.39 is 0 Å². The third kappa shape index (κ3) is 3.10. The first-order chi connectivity index (χ1) is 6.63. The standard InChI is InChI=1S/C10H9Cl2NO/c1-7(5-13)6-14-8-2-3-9(11)10(12)4-8/h2-4,7H,6H2,1H3. The Morgan fingerprint density at radius 3 is 2.71 bits per heavy atom. The molecule has 0 amide bonds. The number of nitriles is 1. The second kappa shape index (κ2) is 5.09. The van der Waals surface area contributed by atoms with Gasteiger partial charge >= 0.3 is 0 Å². The van der Waals surface area contributed by atoms with E-state index >= 15 is 0 Å². The highest BCUT2D eigenvalue weighted by molar-refractivity contribution is 6.42. The van der Waals surface area contributed by atoms with Gasteiger partial charge in [0, 0.05) is 6.07 Å². The van der Waals surface area contributed by atoms with Gasteiger partial charge in [0.15, 0.2) is 0 Å². The third-order valence-corrected chi connectivity index (χ3v) is 2.35. The van der Waals surface area contributed by atoms with Gasteiger partial charge in [-0.1, -0.05) is 23.2 Å². The summed E-state index contributed by atoms with van der Waals surface area (Å²) in [5.41, 5.74) is 0. The quantitative estimate of drug-likeness (QED) is 0.795. The van der Waals surface area contributed by atoms with Gasteiger partial charge in [-0.05, 0) is 19.1 Å². The SMILES string of the molecule is CC(C#N)COc1ccc(Cl)c(Cl)c1. The molecule has 1 atom stereocenters. The first-order valence-corrected chi connectivity index (χ1v) is 4.86. The first kappa shape index (κ1) is 11.2. The number of hydrogen-bond acceptors (Lipinski definition) is 2. The Morgan fingerprint density at radius 1 is 1.43 bits per heavy atom. The van der Waals surface area contributed by atoms with E-state index in [1.165, 1.54) is 0 Å². The van der Waals surface area contributed by atoms with Crippen LogP contribution in [0.4, 0.5) is 0 Å². The van der Waals surface area contributed by atoms with Gasteiger partial charge in [-0.3, -0.25) is 0 Å². The van der Waals surface area contributed by atoms with Crippen LogP contribution in [0, 0.1) is 17.2 Å². The normalized spacial score (nSPS) is 11.9. The van der Waals surface area contributed by atoms with E-state index in [1.54, 1.807) is 25.1 Å². The van der Waals surface area contributed by atoms with Crippen LogP contribution < -0.4 is 4.74 Å². The summed E-state index contributed by atoms with van der Waals surface area (Å²) in [5, 5.41) is 9.48. The van der Waals surface area contributed by atoms with E-state index in [1.807, 2.05) is 0 Å². The molecule has 74 valence electrons. The van der Waals surface area contributed by atoms with Gasteiger partial charge in [-0.2, -0.15) is 5.26 Å². The van der Waals surface area contributed by atoms with E-state index in [2.05, 4.69) is 6.07 Å². The average Bonchev–Trinajstić information content (AvgIpc) is 2.19. The molecule has 0 aromatic heterocycles. The molecule has 0 aliphatic rings. The Balaban J connectivity index is 2.61. The first-order valence-electron chi connectivity index (χ1n) is 4.11. The monoisotopic (exact) mass is 229 g/mol. The molecule has 0 saturated carbocycles. The molecule has 0 N–H and O–H groups in total. The second-order valence-electron chi connectivity index (χ2n) is 2.92. The van der Waals surface area contributed by atoms with Gasteiger partial charge in [-0.15, -0.1) is 0 Å². The lowest BCUT2D eigenvalue weighted by Gasteiger charge is -2.07. The van der Waals surface area contributed by atoms with Crippen molar-refractivity contribution < 1.29 is 4.74 Å². The number of ether oxygens (including phenoxy) is 1. The lowest BCUT2D eigenvalue weighted by atomic mass is 10.2. The van der Waals surface area contributed by atoms with Gasteiger partial charge in [0.1, 0.15) is 12.4 Å². The zero-order valence-electron chi connectivity index (χ0n) is 7.63. The lowest BCUT2D eigenvalue weighted by molar-refractivity contribution is 0.288. The second-order valence-corrected chi connectivity index (χ2v) is 3.73. The maximum atomic E-state index is 8.53. The number of halogens is 2. The highest BCUT2D eigenvalue weighted by atomic mass is 35.5. The number of nitrogens with zero attached hydrogens (tertiary/aromatic N) is 1. The van der Waals surface area contributed by atoms with Crippen molar-refractivity contribution >= 4 is 23.2 Å². The number of benzene rings is 1. The zero-order chi connectivity index (χ0) is 10.6. The summed E-state index contributed by atoms with van der Waals surface area (Å²) in [6.45, 7) is 2.14. The summed E-state index contributed by atoms with van der Waals surface area (Å²) >= 11 is 11.5. The molecule has 1 aromatic carbocycles. The van der Waals surface area contributed by atoms with Gasteiger partial charge < -0.3 is 4.74 Å². The van der Waals surface area contributed by atoms with Gasteiger partial charge in [0.2, 0.25) is 0 Å². The molecular weight excluding hydrogens is 221 g/mol. The predicted octanol–water partition coefficient (Wildman–Crippen LogP) is 3.53. The summed E-state index contributed by atoms with van der Waals surface area (Å²) in [7, 11) is 0. The Labute approximate surface area is 93.0 Å². The summed E-state index contributed by atoms with van der Waals surface area (Å²) in [6, 6.07) is 7.09. The van der Waals surface area contributed by atoms with Crippen LogP contribution in [0.1, 0.15) is 6.92 Å². The third-order valence-electron chi connectivity index (χ3n) is 1.61. The Hall–Kier alpha value is -0.910. The summed E-state index contributed by atoms with van der Waals surface area (Å²) < 4.78 is 5.33. The van der Waals surface area contributed by atoms with Crippen LogP contribution in [-0.2, 0) is 0 Å². The van der Waals surface area contributed by atoms with E-state index in [4.69, 9.17) is 33.2 Å². The van der Waals surface area contributed by atoms with Gasteiger partial charge in [0.25, 0.3) is 0 Å². The van der Waals surface area contributed by atoms with Crippen LogP contribution in [0.25, 0.3) is 0 Å². The molecule has 0 bridgehead atoms. The number of rotatable bonds is 3. The van der Waals surface area contributed by atoms with Crippen molar-refractivity contribution in [3.8, 4) is 11.8 Å². The smallest absolute Gasteiger partial charge is 0.120 e. The molecule has 4 heteroatoms. The Kier molecular flexibility index (Phi) is 4.06. The molecule has 14 heavy (non-hydrogen) atoms. The summed E-state index contributed by atoms with van der Waals surface area (Å²) in [4.78, 5) is 0. The highest BCUT2D eigenvalue weighted by Gasteiger charge is 2.03. The lowest BCUT2D eigenvalue weighted by Crippen LogP contribution is -2.05. The molecule has 0 heterocycles. The fourth-order valence-electron chi connectivity index (χ4n) is 0.825. The Bertz CT molecular complexity index is 360. The summed E-state index contributed by atoms with van der Waals surface area (Å²) in [6.07, 6.45) is 0. The van der Waals surface area contributed by atoms with Crippen LogP contribution in [0.3, 0.4) is 0 Å².